The molecular formula is C17H25ClN2. The second-order valence-corrected chi connectivity index (χ2v) is 7.14. The highest BCUT2D eigenvalue weighted by Gasteiger charge is 2.28. The topological polar surface area (TPSA) is 29.3 Å². The van der Waals surface area contributed by atoms with Gasteiger partial charge in [0.15, 0.2) is 0 Å². The highest BCUT2D eigenvalue weighted by molar-refractivity contribution is 6.30. The first kappa shape index (κ1) is 14.4. The van der Waals surface area contributed by atoms with Crippen LogP contribution in [0.15, 0.2) is 24.3 Å². The lowest BCUT2D eigenvalue weighted by atomic mass is 9.83. The zero-order valence-electron chi connectivity index (χ0n) is 12.1. The molecule has 0 spiro atoms. The number of likely N-dealkylation sites (tertiary alicyclic amines) is 1. The molecule has 2 aliphatic rings. The summed E-state index contributed by atoms with van der Waals surface area (Å²) in [4.78, 5) is 2.61. The minimum Gasteiger partial charge on any atom is -0.327 e. The van der Waals surface area contributed by atoms with Crippen LogP contribution in [-0.4, -0.2) is 30.6 Å². The van der Waals surface area contributed by atoms with Gasteiger partial charge >= 0.3 is 0 Å². The molecule has 2 unspecified atom stereocenters. The van der Waals surface area contributed by atoms with Gasteiger partial charge in [-0.2, -0.15) is 0 Å². The number of hydrogen-bond donors (Lipinski definition) is 1. The fourth-order valence-electron chi connectivity index (χ4n) is 3.64. The van der Waals surface area contributed by atoms with Gasteiger partial charge in [0.25, 0.3) is 0 Å². The summed E-state index contributed by atoms with van der Waals surface area (Å²) in [6.45, 7) is 3.57. The molecule has 0 bridgehead atoms. The van der Waals surface area contributed by atoms with E-state index in [1.54, 1.807) is 0 Å². The Labute approximate surface area is 127 Å². The number of piperidine rings is 1. The van der Waals surface area contributed by atoms with E-state index >= 15 is 0 Å². The van der Waals surface area contributed by atoms with Gasteiger partial charge in [0, 0.05) is 30.7 Å². The van der Waals surface area contributed by atoms with Gasteiger partial charge in [-0.1, -0.05) is 30.2 Å². The predicted molar refractivity (Wildman–Crippen MR) is 85.0 cm³/mol. The van der Waals surface area contributed by atoms with E-state index < -0.39 is 0 Å². The SMILES string of the molecule is NC1CC(Cc2ccc(Cl)cc2)CN(CC2CCC2)C1. The van der Waals surface area contributed by atoms with Crippen LogP contribution in [-0.2, 0) is 6.42 Å². The summed E-state index contributed by atoms with van der Waals surface area (Å²) in [6, 6.07) is 8.63. The van der Waals surface area contributed by atoms with Crippen molar-refractivity contribution in [3.05, 3.63) is 34.9 Å². The molecule has 1 aliphatic heterocycles. The lowest BCUT2D eigenvalue weighted by Gasteiger charge is -2.40. The van der Waals surface area contributed by atoms with Crippen LogP contribution in [0.3, 0.4) is 0 Å². The lowest BCUT2D eigenvalue weighted by Crippen LogP contribution is -2.49. The van der Waals surface area contributed by atoms with Crippen LogP contribution >= 0.6 is 11.6 Å². The van der Waals surface area contributed by atoms with Gasteiger partial charge in [0.05, 0.1) is 0 Å². The molecule has 1 heterocycles. The third-order valence-electron chi connectivity index (χ3n) is 4.82. The quantitative estimate of drug-likeness (QED) is 0.922. The first-order chi connectivity index (χ1) is 9.69. The molecule has 2 fully saturated rings. The summed E-state index contributed by atoms with van der Waals surface area (Å²) in [5.41, 5.74) is 7.65. The standard InChI is InChI=1S/C17H25ClN2/c18-16-6-4-13(5-7-16)8-15-9-17(19)12-20(11-15)10-14-2-1-3-14/h4-7,14-15,17H,1-3,8-12,19H2. The molecule has 3 heteroatoms. The monoisotopic (exact) mass is 292 g/mol. The number of halogens is 1. The predicted octanol–water partition coefficient (Wildman–Crippen LogP) is 3.33. The van der Waals surface area contributed by atoms with Crippen molar-refractivity contribution < 1.29 is 0 Å². The molecule has 1 saturated carbocycles. The normalized spacial score (nSPS) is 28.3. The second kappa shape index (κ2) is 6.46. The molecule has 0 amide bonds. The summed E-state index contributed by atoms with van der Waals surface area (Å²) in [5, 5.41) is 0.820. The summed E-state index contributed by atoms with van der Waals surface area (Å²) in [5.74, 6) is 1.64. The highest BCUT2D eigenvalue weighted by Crippen LogP contribution is 2.29. The third kappa shape index (κ3) is 3.75. The Kier molecular flexibility index (Phi) is 4.65. The van der Waals surface area contributed by atoms with Crippen LogP contribution in [0.4, 0.5) is 0 Å². The molecule has 0 aromatic heterocycles. The smallest absolute Gasteiger partial charge is 0.0406 e. The number of nitrogens with zero attached hydrogens (tertiary/aromatic N) is 1. The van der Waals surface area contributed by atoms with E-state index in [0.717, 1.165) is 30.3 Å². The Hall–Kier alpha value is -0.570. The zero-order chi connectivity index (χ0) is 13.9. The van der Waals surface area contributed by atoms with E-state index in [2.05, 4.69) is 17.0 Å². The summed E-state index contributed by atoms with van der Waals surface area (Å²) >= 11 is 5.95. The summed E-state index contributed by atoms with van der Waals surface area (Å²) in [6.07, 6.45) is 6.57. The number of rotatable bonds is 4. The third-order valence-corrected chi connectivity index (χ3v) is 5.08. The Morgan fingerprint density at radius 3 is 2.50 bits per heavy atom. The molecule has 2 atom stereocenters. The largest absolute Gasteiger partial charge is 0.327 e. The van der Waals surface area contributed by atoms with Crippen molar-refractivity contribution in [3.8, 4) is 0 Å². The molecule has 20 heavy (non-hydrogen) atoms. The van der Waals surface area contributed by atoms with Gasteiger partial charge in [-0.15, -0.1) is 0 Å². The van der Waals surface area contributed by atoms with Crippen LogP contribution in [0.25, 0.3) is 0 Å². The van der Waals surface area contributed by atoms with Crippen molar-refractivity contribution in [1.29, 1.82) is 0 Å². The molecule has 1 aromatic rings. The minimum absolute atomic E-state index is 0.348. The van der Waals surface area contributed by atoms with Crippen molar-refractivity contribution >= 4 is 11.6 Å². The first-order valence-electron chi connectivity index (χ1n) is 7.91. The Morgan fingerprint density at radius 1 is 1.10 bits per heavy atom. The average molecular weight is 293 g/mol. The minimum atomic E-state index is 0.348. The molecule has 0 radical (unpaired) electrons. The lowest BCUT2D eigenvalue weighted by molar-refractivity contribution is 0.112. The van der Waals surface area contributed by atoms with Gasteiger partial charge < -0.3 is 10.6 Å². The van der Waals surface area contributed by atoms with Crippen LogP contribution < -0.4 is 5.73 Å². The van der Waals surface area contributed by atoms with E-state index in [4.69, 9.17) is 17.3 Å². The average Bonchev–Trinajstić information content (AvgIpc) is 2.36. The maximum absolute atomic E-state index is 6.27. The van der Waals surface area contributed by atoms with Crippen molar-refractivity contribution in [2.45, 2.75) is 38.1 Å². The van der Waals surface area contributed by atoms with Gasteiger partial charge in [0.1, 0.15) is 0 Å². The van der Waals surface area contributed by atoms with Crippen LogP contribution in [0.5, 0.6) is 0 Å². The highest BCUT2D eigenvalue weighted by atomic mass is 35.5. The number of benzene rings is 1. The molecular weight excluding hydrogens is 268 g/mol. The maximum Gasteiger partial charge on any atom is 0.0406 e. The Bertz CT molecular complexity index is 427. The van der Waals surface area contributed by atoms with Crippen molar-refractivity contribution in [2.75, 3.05) is 19.6 Å². The van der Waals surface area contributed by atoms with Crippen LogP contribution in [0.1, 0.15) is 31.2 Å². The fraction of sp³-hybridized carbons (Fsp3) is 0.647. The number of hydrogen-bond acceptors (Lipinski definition) is 2. The molecule has 1 aromatic carbocycles. The summed E-state index contributed by atoms with van der Waals surface area (Å²) < 4.78 is 0. The zero-order valence-corrected chi connectivity index (χ0v) is 12.9. The van der Waals surface area contributed by atoms with Gasteiger partial charge in [-0.25, -0.2) is 0 Å². The van der Waals surface area contributed by atoms with E-state index in [1.165, 1.54) is 37.9 Å². The van der Waals surface area contributed by atoms with Crippen molar-refractivity contribution in [2.24, 2.45) is 17.6 Å². The molecule has 3 rings (SSSR count). The van der Waals surface area contributed by atoms with E-state index in [-0.39, 0.29) is 0 Å². The van der Waals surface area contributed by atoms with E-state index in [0.29, 0.717) is 12.0 Å². The van der Waals surface area contributed by atoms with Crippen molar-refractivity contribution in [1.82, 2.24) is 4.90 Å². The van der Waals surface area contributed by atoms with E-state index in [9.17, 15) is 0 Å². The van der Waals surface area contributed by atoms with Crippen LogP contribution in [0.2, 0.25) is 5.02 Å². The first-order valence-corrected chi connectivity index (χ1v) is 8.29. The Balaban J connectivity index is 1.56. The molecule has 1 aliphatic carbocycles. The van der Waals surface area contributed by atoms with E-state index in [1.807, 2.05) is 12.1 Å². The Morgan fingerprint density at radius 2 is 1.85 bits per heavy atom. The van der Waals surface area contributed by atoms with Gasteiger partial charge in [-0.05, 0) is 55.2 Å². The van der Waals surface area contributed by atoms with Gasteiger partial charge in [0.2, 0.25) is 0 Å². The molecule has 1 saturated heterocycles. The maximum atomic E-state index is 6.27. The number of nitrogens with two attached hydrogens (primary N) is 1. The summed E-state index contributed by atoms with van der Waals surface area (Å²) in [7, 11) is 0. The fourth-order valence-corrected chi connectivity index (χ4v) is 3.77. The molecule has 2 nitrogen and oxygen atoms in total. The molecule has 2 N–H and O–H groups in total. The van der Waals surface area contributed by atoms with Gasteiger partial charge in [-0.3, -0.25) is 0 Å². The molecule has 110 valence electrons. The van der Waals surface area contributed by atoms with Crippen molar-refractivity contribution in [3.63, 3.8) is 0 Å². The second-order valence-electron chi connectivity index (χ2n) is 6.71. The van der Waals surface area contributed by atoms with Crippen LogP contribution in [0, 0.1) is 11.8 Å².